The lowest BCUT2D eigenvalue weighted by Crippen LogP contribution is -1.93. The predicted molar refractivity (Wildman–Crippen MR) is 54.9 cm³/mol. The summed E-state index contributed by atoms with van der Waals surface area (Å²) in [6.45, 7) is 0. The van der Waals surface area contributed by atoms with Crippen LogP contribution in [0, 0.1) is 11.6 Å². The minimum atomic E-state index is -0.965. The SMILES string of the molecule is COc1cc(F)c(F)cc1-c1cc(N)n[nH]1. The zero-order chi connectivity index (χ0) is 11.7. The molecule has 2 rings (SSSR count). The van der Waals surface area contributed by atoms with Crippen molar-refractivity contribution in [3.63, 3.8) is 0 Å². The maximum Gasteiger partial charge on any atom is 0.162 e. The van der Waals surface area contributed by atoms with Gasteiger partial charge in [0.25, 0.3) is 0 Å². The Labute approximate surface area is 90.0 Å². The fourth-order valence-corrected chi connectivity index (χ4v) is 1.38. The summed E-state index contributed by atoms with van der Waals surface area (Å²) in [6, 6.07) is 3.51. The molecule has 0 amide bonds. The van der Waals surface area contributed by atoms with E-state index in [9.17, 15) is 8.78 Å². The molecule has 0 aliphatic heterocycles. The van der Waals surface area contributed by atoms with Crippen LogP contribution < -0.4 is 10.5 Å². The lowest BCUT2D eigenvalue weighted by atomic mass is 10.1. The van der Waals surface area contributed by atoms with Gasteiger partial charge in [0.15, 0.2) is 11.6 Å². The number of halogens is 2. The van der Waals surface area contributed by atoms with E-state index in [2.05, 4.69) is 10.2 Å². The van der Waals surface area contributed by atoms with Gasteiger partial charge in [0, 0.05) is 17.7 Å². The number of ether oxygens (including phenoxy) is 1. The van der Waals surface area contributed by atoms with Crippen LogP contribution in [0.15, 0.2) is 18.2 Å². The van der Waals surface area contributed by atoms with E-state index in [0.29, 0.717) is 11.3 Å². The van der Waals surface area contributed by atoms with Gasteiger partial charge < -0.3 is 10.5 Å². The number of nitrogens with zero attached hydrogens (tertiary/aromatic N) is 1. The highest BCUT2D eigenvalue weighted by molar-refractivity contribution is 5.69. The van der Waals surface area contributed by atoms with Crippen molar-refractivity contribution in [3.8, 4) is 17.0 Å². The molecule has 16 heavy (non-hydrogen) atoms. The monoisotopic (exact) mass is 225 g/mol. The van der Waals surface area contributed by atoms with Crippen molar-refractivity contribution in [2.75, 3.05) is 12.8 Å². The highest BCUT2D eigenvalue weighted by atomic mass is 19.2. The molecule has 1 aromatic carbocycles. The number of aromatic nitrogens is 2. The number of benzene rings is 1. The van der Waals surface area contributed by atoms with E-state index in [1.165, 1.54) is 13.2 Å². The Hall–Kier alpha value is -2.11. The van der Waals surface area contributed by atoms with E-state index < -0.39 is 11.6 Å². The molecule has 0 bridgehead atoms. The van der Waals surface area contributed by atoms with Crippen molar-refractivity contribution in [3.05, 3.63) is 29.8 Å². The summed E-state index contributed by atoms with van der Waals surface area (Å²) in [6.07, 6.45) is 0. The zero-order valence-electron chi connectivity index (χ0n) is 8.42. The van der Waals surface area contributed by atoms with Crippen LogP contribution >= 0.6 is 0 Å². The fraction of sp³-hybridized carbons (Fsp3) is 0.100. The minimum Gasteiger partial charge on any atom is -0.496 e. The largest absolute Gasteiger partial charge is 0.496 e. The van der Waals surface area contributed by atoms with Gasteiger partial charge in [0.2, 0.25) is 0 Å². The van der Waals surface area contributed by atoms with Crippen molar-refractivity contribution < 1.29 is 13.5 Å². The third-order valence-electron chi connectivity index (χ3n) is 2.13. The molecule has 4 nitrogen and oxygen atoms in total. The zero-order valence-corrected chi connectivity index (χ0v) is 8.42. The van der Waals surface area contributed by atoms with Gasteiger partial charge in [-0.3, -0.25) is 5.10 Å². The van der Waals surface area contributed by atoms with Crippen LogP contribution in [0.2, 0.25) is 0 Å². The Morgan fingerprint density at radius 3 is 2.50 bits per heavy atom. The summed E-state index contributed by atoms with van der Waals surface area (Å²) in [5, 5.41) is 6.30. The molecule has 3 N–H and O–H groups in total. The van der Waals surface area contributed by atoms with Crippen molar-refractivity contribution in [1.29, 1.82) is 0 Å². The second-order valence-electron chi connectivity index (χ2n) is 3.17. The van der Waals surface area contributed by atoms with Crippen LogP contribution in [0.25, 0.3) is 11.3 Å². The van der Waals surface area contributed by atoms with E-state index in [1.54, 1.807) is 0 Å². The van der Waals surface area contributed by atoms with Gasteiger partial charge in [-0.15, -0.1) is 0 Å². The van der Waals surface area contributed by atoms with Gasteiger partial charge >= 0.3 is 0 Å². The molecule has 0 atom stereocenters. The first-order chi connectivity index (χ1) is 7.61. The second kappa shape index (κ2) is 3.80. The maximum atomic E-state index is 13.1. The van der Waals surface area contributed by atoms with Crippen LogP contribution in [0.1, 0.15) is 0 Å². The topological polar surface area (TPSA) is 63.9 Å². The summed E-state index contributed by atoms with van der Waals surface area (Å²) in [4.78, 5) is 0. The Bertz CT molecular complexity index is 525. The van der Waals surface area contributed by atoms with E-state index in [0.717, 1.165) is 12.1 Å². The first kappa shape index (κ1) is 10.4. The summed E-state index contributed by atoms with van der Waals surface area (Å²) in [7, 11) is 1.37. The number of hydrogen-bond donors (Lipinski definition) is 2. The third-order valence-corrected chi connectivity index (χ3v) is 2.13. The van der Waals surface area contributed by atoms with Gasteiger partial charge in [-0.25, -0.2) is 8.78 Å². The second-order valence-corrected chi connectivity index (χ2v) is 3.17. The normalized spacial score (nSPS) is 10.4. The van der Waals surface area contributed by atoms with E-state index >= 15 is 0 Å². The quantitative estimate of drug-likeness (QED) is 0.820. The molecule has 0 saturated heterocycles. The molecule has 84 valence electrons. The first-order valence-electron chi connectivity index (χ1n) is 4.46. The van der Waals surface area contributed by atoms with Crippen LogP contribution in [-0.4, -0.2) is 17.3 Å². The van der Waals surface area contributed by atoms with Gasteiger partial charge in [0.1, 0.15) is 11.6 Å². The molecule has 0 unspecified atom stereocenters. The molecule has 0 radical (unpaired) electrons. The molecule has 6 heteroatoms. The molecular weight excluding hydrogens is 216 g/mol. The number of rotatable bonds is 2. The van der Waals surface area contributed by atoms with Crippen molar-refractivity contribution in [2.24, 2.45) is 0 Å². The Morgan fingerprint density at radius 1 is 1.25 bits per heavy atom. The van der Waals surface area contributed by atoms with Crippen LogP contribution in [0.3, 0.4) is 0 Å². The Kier molecular flexibility index (Phi) is 2.47. The Morgan fingerprint density at radius 2 is 1.94 bits per heavy atom. The minimum absolute atomic E-state index is 0.211. The molecular formula is C10H9F2N3O. The van der Waals surface area contributed by atoms with Gasteiger partial charge in [-0.1, -0.05) is 0 Å². The molecule has 0 fully saturated rings. The molecule has 0 saturated carbocycles. The van der Waals surface area contributed by atoms with E-state index in [-0.39, 0.29) is 11.6 Å². The van der Waals surface area contributed by atoms with Crippen molar-refractivity contribution >= 4 is 5.82 Å². The lowest BCUT2D eigenvalue weighted by Gasteiger charge is -2.06. The number of aromatic amines is 1. The highest BCUT2D eigenvalue weighted by Crippen LogP contribution is 2.31. The average Bonchev–Trinajstić information content (AvgIpc) is 2.68. The number of anilines is 1. The highest BCUT2D eigenvalue weighted by Gasteiger charge is 2.13. The molecule has 1 aromatic heterocycles. The summed E-state index contributed by atoms with van der Waals surface area (Å²) in [5.41, 5.74) is 6.26. The standard InChI is InChI=1S/C10H9F2N3O/c1-16-9-3-7(12)6(11)2-5(9)8-4-10(13)15-14-8/h2-4H,1H3,(H3,13,14,15). The third kappa shape index (κ3) is 1.69. The molecule has 2 aromatic rings. The van der Waals surface area contributed by atoms with Crippen molar-refractivity contribution in [1.82, 2.24) is 10.2 Å². The molecule has 0 aliphatic carbocycles. The fourth-order valence-electron chi connectivity index (χ4n) is 1.38. The summed E-state index contributed by atoms with van der Waals surface area (Å²) >= 11 is 0. The number of nitrogens with two attached hydrogens (primary N) is 1. The maximum absolute atomic E-state index is 13.1. The average molecular weight is 225 g/mol. The van der Waals surface area contributed by atoms with E-state index in [4.69, 9.17) is 10.5 Å². The van der Waals surface area contributed by atoms with Crippen LogP contribution in [-0.2, 0) is 0 Å². The predicted octanol–water partition coefficient (Wildman–Crippen LogP) is 1.95. The van der Waals surface area contributed by atoms with Gasteiger partial charge in [-0.05, 0) is 6.07 Å². The van der Waals surface area contributed by atoms with Crippen LogP contribution in [0.5, 0.6) is 5.75 Å². The Balaban J connectivity index is 2.59. The van der Waals surface area contributed by atoms with Gasteiger partial charge in [-0.2, -0.15) is 5.10 Å². The molecule has 0 aliphatic rings. The summed E-state index contributed by atoms with van der Waals surface area (Å²) in [5.74, 6) is -1.44. The van der Waals surface area contributed by atoms with Crippen LogP contribution in [0.4, 0.5) is 14.6 Å². The van der Waals surface area contributed by atoms with Gasteiger partial charge in [0.05, 0.1) is 12.8 Å². The number of methoxy groups -OCH3 is 1. The number of nitrogen functional groups attached to an aromatic ring is 1. The van der Waals surface area contributed by atoms with Crippen molar-refractivity contribution in [2.45, 2.75) is 0 Å². The molecule has 1 heterocycles. The lowest BCUT2D eigenvalue weighted by molar-refractivity contribution is 0.408. The summed E-state index contributed by atoms with van der Waals surface area (Å²) < 4.78 is 31.0. The van der Waals surface area contributed by atoms with E-state index in [1.807, 2.05) is 0 Å². The smallest absolute Gasteiger partial charge is 0.162 e. The first-order valence-corrected chi connectivity index (χ1v) is 4.46. The number of H-pyrrole nitrogens is 1. The molecule has 0 spiro atoms. The number of nitrogens with one attached hydrogen (secondary N) is 1. The number of hydrogen-bond acceptors (Lipinski definition) is 3.